The van der Waals surface area contributed by atoms with Crippen LogP contribution in [0.25, 0.3) is 0 Å². The van der Waals surface area contributed by atoms with Gasteiger partial charge in [-0.15, -0.1) is 0 Å². The minimum atomic E-state index is 0.555. The molecule has 3 atom stereocenters. The van der Waals surface area contributed by atoms with Gasteiger partial charge in [0.05, 0.1) is 6.07 Å². The normalized spacial score (nSPS) is 42.9. The van der Waals surface area contributed by atoms with Crippen molar-refractivity contribution in [2.24, 2.45) is 23.2 Å². The zero-order valence-electron chi connectivity index (χ0n) is 8.01. The smallest absolute Gasteiger partial charge is 0.0624 e. The SMILES string of the molecule is CC1(C)C2CCC(CC#N)C1C2. The summed E-state index contributed by atoms with van der Waals surface area (Å²) in [6.45, 7) is 4.77. The molecule has 0 amide bonds. The lowest BCUT2D eigenvalue weighted by atomic mass is 9.45. The minimum Gasteiger partial charge on any atom is -0.198 e. The van der Waals surface area contributed by atoms with Crippen molar-refractivity contribution in [1.29, 1.82) is 5.26 Å². The summed E-state index contributed by atoms with van der Waals surface area (Å²) in [6.07, 6.45) is 4.88. The monoisotopic (exact) mass is 163 g/mol. The number of nitrogens with zero attached hydrogens (tertiary/aromatic N) is 1. The molecule has 0 N–H and O–H groups in total. The molecule has 0 aromatic heterocycles. The molecular formula is C11H17N. The maximum absolute atomic E-state index is 8.67. The molecule has 3 saturated carbocycles. The molecule has 3 unspecified atom stereocenters. The average Bonchev–Trinajstić information content (AvgIpc) is 2.05. The second kappa shape index (κ2) is 2.49. The second-order valence-corrected chi connectivity index (χ2v) is 5.06. The van der Waals surface area contributed by atoms with E-state index in [9.17, 15) is 0 Å². The van der Waals surface area contributed by atoms with Gasteiger partial charge in [-0.2, -0.15) is 5.26 Å². The fraction of sp³-hybridized carbons (Fsp3) is 0.909. The van der Waals surface area contributed by atoms with Crippen LogP contribution >= 0.6 is 0 Å². The topological polar surface area (TPSA) is 23.8 Å². The number of hydrogen-bond acceptors (Lipinski definition) is 1. The van der Waals surface area contributed by atoms with Gasteiger partial charge in [-0.25, -0.2) is 0 Å². The minimum absolute atomic E-state index is 0.555. The lowest BCUT2D eigenvalue weighted by Crippen LogP contribution is -2.52. The highest BCUT2D eigenvalue weighted by Crippen LogP contribution is 2.61. The van der Waals surface area contributed by atoms with Crippen LogP contribution in [0.15, 0.2) is 0 Å². The molecule has 12 heavy (non-hydrogen) atoms. The fourth-order valence-electron chi connectivity index (χ4n) is 3.32. The van der Waals surface area contributed by atoms with Gasteiger partial charge in [-0.05, 0) is 42.4 Å². The quantitative estimate of drug-likeness (QED) is 0.583. The van der Waals surface area contributed by atoms with Crippen molar-refractivity contribution in [3.8, 4) is 6.07 Å². The first-order chi connectivity index (χ1) is 5.66. The van der Waals surface area contributed by atoms with Crippen molar-refractivity contribution in [3.63, 3.8) is 0 Å². The van der Waals surface area contributed by atoms with E-state index in [0.717, 1.165) is 24.2 Å². The molecule has 1 nitrogen and oxygen atoms in total. The third-order valence-electron chi connectivity index (χ3n) is 4.35. The van der Waals surface area contributed by atoms with Gasteiger partial charge in [0.25, 0.3) is 0 Å². The van der Waals surface area contributed by atoms with Crippen LogP contribution in [0, 0.1) is 34.5 Å². The Morgan fingerprint density at radius 1 is 1.42 bits per heavy atom. The number of rotatable bonds is 1. The third-order valence-corrected chi connectivity index (χ3v) is 4.35. The van der Waals surface area contributed by atoms with Crippen LogP contribution in [-0.2, 0) is 0 Å². The van der Waals surface area contributed by atoms with Gasteiger partial charge in [-0.3, -0.25) is 0 Å². The zero-order valence-corrected chi connectivity index (χ0v) is 8.01. The van der Waals surface area contributed by atoms with Crippen molar-refractivity contribution in [3.05, 3.63) is 0 Å². The zero-order chi connectivity index (χ0) is 8.77. The maximum Gasteiger partial charge on any atom is 0.0624 e. The summed E-state index contributed by atoms with van der Waals surface area (Å²) in [7, 11) is 0. The molecule has 0 heterocycles. The van der Waals surface area contributed by atoms with Gasteiger partial charge in [-0.1, -0.05) is 13.8 Å². The summed E-state index contributed by atoms with van der Waals surface area (Å²) in [5.41, 5.74) is 0.555. The molecule has 3 rings (SSSR count). The highest BCUT2D eigenvalue weighted by Gasteiger charge is 2.53. The molecule has 0 aromatic carbocycles. The number of hydrogen-bond donors (Lipinski definition) is 0. The van der Waals surface area contributed by atoms with Crippen LogP contribution in [0.1, 0.15) is 39.5 Å². The molecule has 2 bridgehead atoms. The van der Waals surface area contributed by atoms with Crippen LogP contribution in [0.3, 0.4) is 0 Å². The molecule has 1 heteroatoms. The van der Waals surface area contributed by atoms with Crippen molar-refractivity contribution >= 4 is 0 Å². The summed E-state index contributed by atoms with van der Waals surface area (Å²) >= 11 is 0. The predicted molar refractivity (Wildman–Crippen MR) is 48.3 cm³/mol. The van der Waals surface area contributed by atoms with Crippen LogP contribution in [0.4, 0.5) is 0 Å². The first-order valence-electron chi connectivity index (χ1n) is 5.03. The summed E-state index contributed by atoms with van der Waals surface area (Å²) in [5.74, 6) is 2.54. The van der Waals surface area contributed by atoms with Crippen molar-refractivity contribution < 1.29 is 0 Å². The lowest BCUT2D eigenvalue weighted by molar-refractivity contribution is -0.103. The summed E-state index contributed by atoms with van der Waals surface area (Å²) < 4.78 is 0. The predicted octanol–water partition coefficient (Wildman–Crippen LogP) is 2.97. The molecule has 3 aliphatic carbocycles. The van der Waals surface area contributed by atoms with E-state index in [-0.39, 0.29) is 0 Å². The Hall–Kier alpha value is -0.510. The molecule has 0 radical (unpaired) electrons. The van der Waals surface area contributed by atoms with Crippen LogP contribution in [0.2, 0.25) is 0 Å². The van der Waals surface area contributed by atoms with Gasteiger partial charge in [0, 0.05) is 6.42 Å². The van der Waals surface area contributed by atoms with E-state index < -0.39 is 0 Å². The van der Waals surface area contributed by atoms with Crippen molar-refractivity contribution in [2.75, 3.05) is 0 Å². The first kappa shape index (κ1) is 8.10. The second-order valence-electron chi connectivity index (χ2n) is 5.06. The molecular weight excluding hydrogens is 146 g/mol. The molecule has 0 aromatic rings. The van der Waals surface area contributed by atoms with E-state index in [1.165, 1.54) is 19.3 Å². The number of fused-ring (bicyclic) bond motifs is 2. The first-order valence-corrected chi connectivity index (χ1v) is 5.03. The van der Waals surface area contributed by atoms with Gasteiger partial charge < -0.3 is 0 Å². The van der Waals surface area contributed by atoms with Gasteiger partial charge >= 0.3 is 0 Å². The van der Waals surface area contributed by atoms with E-state index in [4.69, 9.17) is 5.26 Å². The van der Waals surface area contributed by atoms with E-state index in [2.05, 4.69) is 19.9 Å². The Balaban J connectivity index is 2.07. The van der Waals surface area contributed by atoms with E-state index >= 15 is 0 Å². The molecule has 66 valence electrons. The van der Waals surface area contributed by atoms with Crippen molar-refractivity contribution in [1.82, 2.24) is 0 Å². The van der Waals surface area contributed by atoms with Gasteiger partial charge in [0.2, 0.25) is 0 Å². The Morgan fingerprint density at radius 3 is 2.67 bits per heavy atom. The highest BCUT2D eigenvalue weighted by atomic mass is 14.6. The molecule has 0 spiro atoms. The molecule has 0 saturated heterocycles. The van der Waals surface area contributed by atoms with E-state index in [1.54, 1.807) is 0 Å². The maximum atomic E-state index is 8.67. The lowest BCUT2D eigenvalue weighted by Gasteiger charge is -2.60. The average molecular weight is 163 g/mol. The molecule has 3 aliphatic rings. The fourth-order valence-corrected chi connectivity index (χ4v) is 3.32. The van der Waals surface area contributed by atoms with Gasteiger partial charge in [0.1, 0.15) is 0 Å². The summed E-state index contributed by atoms with van der Waals surface area (Å²) in [5, 5.41) is 8.67. The van der Waals surface area contributed by atoms with E-state index in [0.29, 0.717) is 5.41 Å². The summed E-state index contributed by atoms with van der Waals surface area (Å²) in [6, 6.07) is 2.33. The van der Waals surface area contributed by atoms with Gasteiger partial charge in [0.15, 0.2) is 0 Å². The molecule has 0 aliphatic heterocycles. The van der Waals surface area contributed by atoms with Crippen LogP contribution < -0.4 is 0 Å². The van der Waals surface area contributed by atoms with Crippen LogP contribution in [-0.4, -0.2) is 0 Å². The summed E-state index contributed by atoms with van der Waals surface area (Å²) in [4.78, 5) is 0. The van der Waals surface area contributed by atoms with Crippen molar-refractivity contribution in [2.45, 2.75) is 39.5 Å². The highest BCUT2D eigenvalue weighted by molar-refractivity contribution is 5.04. The Bertz CT molecular complexity index is 222. The Kier molecular flexibility index (Phi) is 1.68. The van der Waals surface area contributed by atoms with E-state index in [1.807, 2.05) is 0 Å². The third kappa shape index (κ3) is 0.905. The standard InChI is InChI=1S/C11H17N/c1-11(2)9-4-3-8(5-6-12)10(11)7-9/h8-10H,3-5,7H2,1-2H3. The Labute approximate surface area is 74.8 Å². The molecule has 3 fully saturated rings. The Morgan fingerprint density at radius 2 is 2.17 bits per heavy atom. The number of nitriles is 1. The largest absolute Gasteiger partial charge is 0.198 e. The van der Waals surface area contributed by atoms with Crippen LogP contribution in [0.5, 0.6) is 0 Å².